The van der Waals surface area contributed by atoms with E-state index in [1.165, 1.54) is 98.5 Å². The Morgan fingerprint density at radius 2 is 0.570 bits per heavy atom. The lowest BCUT2D eigenvalue weighted by Crippen LogP contribution is -2.49. The highest BCUT2D eigenvalue weighted by atomic mass is 16.5. The van der Waals surface area contributed by atoms with Crippen LogP contribution in [0.15, 0.2) is 268 Å². The van der Waals surface area contributed by atoms with Crippen molar-refractivity contribution in [2.75, 3.05) is 6.61 Å². The number of aromatic nitrogens is 6. The number of aryl methyl sites for hydroxylation is 12. The number of hydrogen-bond donors (Lipinski definition) is 0. The van der Waals surface area contributed by atoms with Crippen molar-refractivity contribution in [3.63, 3.8) is 0 Å². The molecule has 14 aromatic rings. The second-order valence-corrected chi connectivity index (χ2v) is 41.6. The molecule has 0 saturated heterocycles. The molecule has 4 aliphatic carbocycles. The van der Waals surface area contributed by atoms with Gasteiger partial charge in [0, 0.05) is 163 Å². The summed E-state index contributed by atoms with van der Waals surface area (Å²) in [5.41, 5.74) is 23.4. The van der Waals surface area contributed by atoms with Gasteiger partial charge in [-0.15, -0.1) is 0 Å². The lowest BCUT2D eigenvalue weighted by molar-refractivity contribution is -0.660. The predicted octanol–water partition coefficient (Wildman–Crippen LogP) is 23.6. The van der Waals surface area contributed by atoms with Crippen molar-refractivity contribution in [3.05, 3.63) is 357 Å². The van der Waals surface area contributed by atoms with E-state index in [9.17, 15) is 0 Å². The molecule has 0 amide bonds. The van der Waals surface area contributed by atoms with Crippen LogP contribution in [-0.4, -0.2) is 34.6 Å². The summed E-state index contributed by atoms with van der Waals surface area (Å²) in [6.45, 7) is 35.6. The van der Waals surface area contributed by atoms with E-state index in [2.05, 4.69) is 282 Å². The fourth-order valence-electron chi connectivity index (χ4n) is 21.8. The van der Waals surface area contributed by atoms with Gasteiger partial charge in [-0.25, -0.2) is 27.4 Å². The van der Waals surface area contributed by atoms with Gasteiger partial charge in [0.1, 0.15) is 105 Å². The van der Waals surface area contributed by atoms with Gasteiger partial charge in [0.25, 0.3) is 0 Å². The van der Waals surface area contributed by atoms with Crippen LogP contribution in [-0.2, 0) is 102 Å². The summed E-state index contributed by atoms with van der Waals surface area (Å²) >= 11 is 0. The summed E-state index contributed by atoms with van der Waals surface area (Å²) in [5.74, 6) is 5.01. The monoisotopic (exact) mass is 1810 g/mol. The SMILES string of the molecule is Cc1ccc2c(c1-c1cccc[n+]1C)OC(C)(C)C2(C)C.Cc1ccc2c(c1-c1cccc[n+]1C)OC1(CC1)C2(C)C.Cc1ccc2c(c1-c1cccc[n+]1C)OCC2(C)C.[2H]C1([2H])c2ccc(C)c(-c3cccc[n+]3C)c2OC12CCCCC2.[2H]C1([2H])c2ccccc2C(C)(C)C12Cc1ccc(C)c(-c3cccc[n+]3C)c1O2.[2H]C1([2H])c2ccccc2C([2H])([2H])C12Oc1c(ccc(C)c1-c1cccc[n+]1C)C2([2H])[2H]. The molecule has 6 aromatic heterocycles. The standard InChI is InChI=1S/C25H26NO.C23H22NO.C20H24NO.C19H22NO.C19H24NO.C17H20NO/c1-17-12-13-19-16-25(15-18-9-5-6-10-20(18)24(25,2)3)27-23(19)22(17)21-11-7-8-14-26(21)4;1-16-10-11-19-15-23(13-17-7-3-4-8-18(17)14-23)25-22(19)21(16)20-9-5-6-12-24(20)2;1-15-9-10-16-14-20(11-5-3-6-12-20)22-19(16)18(15)17-8-4-7-13-21(17)2;1-13-8-9-14-17(21-19(10-11-19)18(14,2)3)16(13)15-7-5-6-12-20(15)4;1-13-10-11-14-17(21-19(4,5)18(14,2)3)16(13)15-9-7-8-12-20(15)6;1-12-8-9-13-16(19-11-17(13,2)3)15(12)14-7-5-6-10-18(14)4/h5-14H,15-16H2,1-4H3;3-12H,13-15H2,1-2H3;4,7-10,13H,3,5-6,11-12,14H2,1-2H3;5-9,12H,10-11H2,1-4H3;7-12H,1-6H3;5-10H,11H2,1-4H3/q6*+1/i15D2;13D2,14D2,15D2;14D2;;;. The average Bonchev–Trinajstić information content (AvgIpc) is 1.47. The molecule has 2 saturated carbocycles. The molecule has 6 aliphatic heterocycles. The Morgan fingerprint density at radius 3 is 0.985 bits per heavy atom. The number of ether oxygens (including phenoxy) is 6. The van der Waals surface area contributed by atoms with Crippen molar-refractivity contribution >= 4 is 0 Å². The number of nitrogens with zero attached hydrogens (tertiary/aromatic N) is 6. The Bertz CT molecular complexity index is 7350. The van der Waals surface area contributed by atoms with Crippen LogP contribution >= 0.6 is 0 Å². The Balaban J connectivity index is 0.000000111. The zero-order chi connectivity index (χ0) is 104. The molecule has 12 heterocycles. The second kappa shape index (κ2) is 34.7. The Morgan fingerprint density at radius 1 is 0.252 bits per heavy atom. The summed E-state index contributed by atoms with van der Waals surface area (Å²) in [4.78, 5) is 0. The van der Waals surface area contributed by atoms with Gasteiger partial charge in [-0.1, -0.05) is 183 Å². The van der Waals surface area contributed by atoms with Crippen LogP contribution in [0, 0.1) is 41.5 Å². The van der Waals surface area contributed by atoms with E-state index in [1.807, 2.05) is 130 Å². The van der Waals surface area contributed by atoms with Crippen molar-refractivity contribution in [1.29, 1.82) is 0 Å². The van der Waals surface area contributed by atoms with Crippen molar-refractivity contribution in [1.82, 2.24) is 0 Å². The van der Waals surface area contributed by atoms with Crippen LogP contribution < -0.4 is 55.8 Å². The first-order chi connectivity index (χ1) is 68.4. The molecular weight excluding hydrogens is 1660 g/mol. The number of benzene rings is 8. The van der Waals surface area contributed by atoms with Crippen molar-refractivity contribution in [2.45, 2.75) is 244 Å². The van der Waals surface area contributed by atoms with Gasteiger partial charge in [0.15, 0.2) is 37.2 Å². The quantitative estimate of drug-likeness (QED) is 0.154. The molecule has 2 fully saturated rings. The maximum absolute atomic E-state index is 9.15. The number of rotatable bonds is 6. The van der Waals surface area contributed by atoms with Crippen LogP contribution in [0.4, 0.5) is 0 Å². The van der Waals surface area contributed by atoms with E-state index in [4.69, 9.17) is 42.1 Å². The highest BCUT2D eigenvalue weighted by Gasteiger charge is 2.64. The van der Waals surface area contributed by atoms with E-state index < -0.39 is 54.1 Å². The van der Waals surface area contributed by atoms with Crippen LogP contribution in [0.2, 0.25) is 0 Å². The van der Waals surface area contributed by atoms with Gasteiger partial charge in [-0.05, 0) is 203 Å². The van der Waals surface area contributed by atoms with E-state index in [0.717, 1.165) is 123 Å². The minimum atomic E-state index is -2.43. The number of pyridine rings is 6. The van der Waals surface area contributed by atoms with E-state index in [-0.39, 0.29) is 49.9 Å². The largest absolute Gasteiger partial charge is 0.491 e. The zero-order valence-corrected chi connectivity index (χ0v) is 82.9. The third kappa shape index (κ3) is 16.1. The maximum atomic E-state index is 9.15. The molecule has 1 unspecified atom stereocenters. The van der Waals surface area contributed by atoms with Gasteiger partial charge < -0.3 is 28.4 Å². The highest BCUT2D eigenvalue weighted by Crippen LogP contribution is 2.64. The van der Waals surface area contributed by atoms with Crippen molar-refractivity contribution in [3.8, 4) is 102 Å². The predicted molar refractivity (Wildman–Crippen MR) is 540 cm³/mol. The molecule has 0 N–H and O–H groups in total. The minimum Gasteiger partial charge on any atom is -0.491 e. The molecular formula is C123H138N6O6+6. The van der Waals surface area contributed by atoms with E-state index in [1.54, 1.807) is 24.3 Å². The molecule has 10 aliphatic rings. The normalized spacial score (nSPS) is 21.7. The first kappa shape index (κ1) is 79.8. The van der Waals surface area contributed by atoms with Crippen molar-refractivity contribution in [2.24, 2.45) is 42.3 Å². The molecule has 12 heteroatoms. The summed E-state index contributed by atoms with van der Waals surface area (Å²) in [6.07, 6.45) is 9.70. The Kier molecular flexibility index (Phi) is 20.5. The molecule has 12 nitrogen and oxygen atoms in total. The minimum absolute atomic E-state index is 0.00185. The second-order valence-electron chi connectivity index (χ2n) is 41.6. The van der Waals surface area contributed by atoms with E-state index in [0.29, 0.717) is 17.5 Å². The molecule has 4 spiro atoms. The highest BCUT2D eigenvalue weighted by molar-refractivity contribution is 5.79. The summed E-state index contributed by atoms with van der Waals surface area (Å²) in [6, 6.07) is 76.0. The van der Waals surface area contributed by atoms with Crippen molar-refractivity contribution < 1.29 is 69.5 Å². The smallest absolute Gasteiger partial charge is 0.216 e. The number of hydrogen-bond acceptors (Lipinski definition) is 6. The maximum Gasteiger partial charge on any atom is 0.216 e. The summed E-state index contributed by atoms with van der Waals surface area (Å²) in [5, 5.41) is 0. The van der Waals surface area contributed by atoms with E-state index >= 15 is 0 Å². The van der Waals surface area contributed by atoms with Gasteiger partial charge in [-0.3, -0.25) is 0 Å². The fraction of sp³-hybridized carbons (Fsp3) is 0.366. The lowest BCUT2D eigenvalue weighted by atomic mass is 9.73. The first-order valence-corrected chi connectivity index (χ1v) is 48.2. The van der Waals surface area contributed by atoms with Gasteiger partial charge in [0.2, 0.25) is 34.2 Å². The first-order valence-electron chi connectivity index (χ1n) is 53.2. The molecule has 0 bridgehead atoms. The summed E-state index contributed by atoms with van der Waals surface area (Å²) < 4.78 is 141. The molecule has 24 rings (SSSR count). The zero-order valence-electron chi connectivity index (χ0n) is 92.9. The lowest BCUT2D eigenvalue weighted by Gasteiger charge is -2.38. The van der Waals surface area contributed by atoms with Crippen LogP contribution in [0.5, 0.6) is 34.5 Å². The summed E-state index contributed by atoms with van der Waals surface area (Å²) in [7, 11) is 12.2. The number of fused-ring (bicyclic) bond motifs is 8. The molecule has 135 heavy (non-hydrogen) atoms. The van der Waals surface area contributed by atoms with Crippen LogP contribution in [0.25, 0.3) is 67.5 Å². The van der Waals surface area contributed by atoms with Crippen LogP contribution in [0.3, 0.4) is 0 Å². The van der Waals surface area contributed by atoms with Crippen LogP contribution in [0.1, 0.15) is 217 Å². The molecule has 0 radical (unpaired) electrons. The van der Waals surface area contributed by atoms with Gasteiger partial charge in [0.05, 0.1) is 40.0 Å². The van der Waals surface area contributed by atoms with Gasteiger partial charge in [-0.2, -0.15) is 0 Å². The third-order valence-corrected chi connectivity index (χ3v) is 30.9. The average molecular weight is 1810 g/mol. The molecule has 8 aromatic carbocycles. The molecule has 1 atom stereocenters. The topological polar surface area (TPSA) is 78.7 Å². The molecule has 690 valence electrons. The fourth-order valence-corrected chi connectivity index (χ4v) is 21.8. The Labute approximate surface area is 816 Å². The Hall–Kier alpha value is -12.5. The van der Waals surface area contributed by atoms with Gasteiger partial charge >= 0.3 is 0 Å². The third-order valence-electron chi connectivity index (χ3n) is 30.9.